The molecule has 1 aliphatic heterocycles. The van der Waals surface area contributed by atoms with E-state index in [4.69, 9.17) is 9.47 Å². The Hall–Kier alpha value is -1.71. The van der Waals surface area contributed by atoms with Crippen molar-refractivity contribution < 1.29 is 19.4 Å². The molecule has 0 radical (unpaired) electrons. The number of ether oxygens (including phenoxy) is 2. The Bertz CT molecular complexity index is 571. The zero-order valence-corrected chi connectivity index (χ0v) is 13.4. The average molecular weight is 304 g/mol. The molecular formula is C18H24O4. The summed E-state index contributed by atoms with van der Waals surface area (Å²) in [5, 5.41) is 9.98. The van der Waals surface area contributed by atoms with Gasteiger partial charge >= 0.3 is 5.97 Å². The summed E-state index contributed by atoms with van der Waals surface area (Å²) in [7, 11) is 0. The van der Waals surface area contributed by atoms with Crippen LogP contribution in [0, 0.1) is 0 Å². The second-order valence-corrected chi connectivity index (χ2v) is 6.69. The van der Waals surface area contributed by atoms with Crippen molar-refractivity contribution in [3.63, 3.8) is 0 Å². The van der Waals surface area contributed by atoms with Crippen LogP contribution in [0.2, 0.25) is 0 Å². The summed E-state index contributed by atoms with van der Waals surface area (Å²) in [6.45, 7) is 5.28. The zero-order valence-electron chi connectivity index (χ0n) is 13.4. The van der Waals surface area contributed by atoms with Crippen LogP contribution in [0.1, 0.15) is 63.0 Å². The van der Waals surface area contributed by atoms with E-state index in [9.17, 15) is 9.90 Å². The van der Waals surface area contributed by atoms with Crippen molar-refractivity contribution in [1.29, 1.82) is 0 Å². The highest BCUT2D eigenvalue weighted by Gasteiger charge is 2.43. The second kappa shape index (κ2) is 5.82. The van der Waals surface area contributed by atoms with E-state index in [1.165, 1.54) is 0 Å². The molecule has 1 heterocycles. The molecule has 1 N–H and O–H groups in total. The normalized spacial score (nSPS) is 20.0. The summed E-state index contributed by atoms with van der Waals surface area (Å²) >= 11 is 0. The topological polar surface area (TPSA) is 55.8 Å². The Morgan fingerprint density at radius 2 is 1.68 bits per heavy atom. The molecule has 120 valence electrons. The van der Waals surface area contributed by atoms with Crippen molar-refractivity contribution in [3.05, 3.63) is 23.3 Å². The predicted molar refractivity (Wildman–Crippen MR) is 83.9 cm³/mol. The molecule has 0 atom stereocenters. The van der Waals surface area contributed by atoms with Crippen LogP contribution in [0.15, 0.2) is 12.1 Å². The van der Waals surface area contributed by atoms with Gasteiger partial charge in [-0.15, -0.1) is 0 Å². The minimum Gasteiger partial charge on any atom is -0.486 e. The number of carboxylic acids is 1. The Morgan fingerprint density at radius 3 is 2.23 bits per heavy atom. The minimum absolute atomic E-state index is 0.254. The van der Waals surface area contributed by atoms with Crippen molar-refractivity contribution in [2.75, 3.05) is 13.2 Å². The Morgan fingerprint density at radius 1 is 1.09 bits per heavy atom. The number of hydrogen-bond acceptors (Lipinski definition) is 3. The third-order valence-corrected chi connectivity index (χ3v) is 4.97. The molecule has 4 heteroatoms. The van der Waals surface area contributed by atoms with Gasteiger partial charge in [0.25, 0.3) is 0 Å². The van der Waals surface area contributed by atoms with E-state index >= 15 is 0 Å². The molecule has 0 spiro atoms. The highest BCUT2D eigenvalue weighted by Crippen LogP contribution is 2.46. The molecule has 2 aliphatic rings. The fraction of sp³-hybridized carbons (Fsp3) is 0.611. The lowest BCUT2D eigenvalue weighted by Crippen LogP contribution is -2.39. The van der Waals surface area contributed by atoms with Crippen LogP contribution in [0.4, 0.5) is 0 Å². The van der Waals surface area contributed by atoms with Gasteiger partial charge in [-0.1, -0.05) is 33.1 Å². The fourth-order valence-corrected chi connectivity index (χ4v) is 3.75. The van der Waals surface area contributed by atoms with Crippen LogP contribution in [0.25, 0.3) is 0 Å². The monoisotopic (exact) mass is 304 g/mol. The SMILES string of the molecule is CC(C)c1cc2c(cc1C1(C(=O)O)CCCCC1)OCCO2. The molecule has 0 bridgehead atoms. The lowest BCUT2D eigenvalue weighted by atomic mass is 9.67. The van der Waals surface area contributed by atoms with Crippen molar-refractivity contribution in [1.82, 2.24) is 0 Å². The van der Waals surface area contributed by atoms with Gasteiger partial charge in [0.2, 0.25) is 0 Å². The van der Waals surface area contributed by atoms with Gasteiger partial charge in [0.05, 0.1) is 5.41 Å². The quantitative estimate of drug-likeness (QED) is 0.921. The molecule has 0 amide bonds. The number of rotatable bonds is 3. The maximum absolute atomic E-state index is 12.1. The van der Waals surface area contributed by atoms with E-state index in [1.54, 1.807) is 0 Å². The first-order valence-electron chi connectivity index (χ1n) is 8.22. The van der Waals surface area contributed by atoms with E-state index < -0.39 is 11.4 Å². The number of aliphatic carboxylic acids is 1. The third kappa shape index (κ3) is 2.44. The van der Waals surface area contributed by atoms with Gasteiger partial charge in [-0.3, -0.25) is 4.79 Å². The van der Waals surface area contributed by atoms with Gasteiger partial charge in [0, 0.05) is 0 Å². The summed E-state index contributed by atoms with van der Waals surface area (Å²) in [6, 6.07) is 3.93. The van der Waals surface area contributed by atoms with Crippen molar-refractivity contribution >= 4 is 5.97 Å². The van der Waals surface area contributed by atoms with Crippen molar-refractivity contribution in [3.8, 4) is 11.5 Å². The first kappa shape index (κ1) is 15.2. The Balaban J connectivity index is 2.16. The van der Waals surface area contributed by atoms with E-state index in [1.807, 2.05) is 12.1 Å². The van der Waals surface area contributed by atoms with Gasteiger partial charge in [-0.2, -0.15) is 0 Å². The number of carboxylic acid groups (broad SMARTS) is 1. The molecule has 0 saturated heterocycles. The largest absolute Gasteiger partial charge is 0.486 e. The lowest BCUT2D eigenvalue weighted by Gasteiger charge is -2.36. The third-order valence-electron chi connectivity index (χ3n) is 4.97. The lowest BCUT2D eigenvalue weighted by molar-refractivity contribution is -0.145. The van der Waals surface area contributed by atoms with Crippen LogP contribution >= 0.6 is 0 Å². The number of carbonyl (C=O) groups is 1. The summed E-state index contributed by atoms with van der Waals surface area (Å²) in [5.74, 6) is 0.988. The first-order valence-corrected chi connectivity index (χ1v) is 8.22. The standard InChI is InChI=1S/C18H24O4/c1-12(2)13-10-15-16(22-9-8-21-15)11-14(13)18(17(19)20)6-4-3-5-7-18/h10-12H,3-9H2,1-2H3,(H,19,20). The summed E-state index contributed by atoms with van der Waals surface area (Å²) in [6.07, 6.45) is 4.48. The van der Waals surface area contributed by atoms with E-state index in [0.29, 0.717) is 31.8 Å². The Labute approximate surface area is 131 Å². The van der Waals surface area contributed by atoms with Gasteiger partial charge in [-0.25, -0.2) is 0 Å². The molecular weight excluding hydrogens is 280 g/mol. The summed E-state index contributed by atoms with van der Waals surface area (Å²) in [5.41, 5.74) is 1.24. The number of benzene rings is 1. The molecule has 3 rings (SSSR count). The molecule has 1 aromatic rings. The van der Waals surface area contributed by atoms with Gasteiger partial charge < -0.3 is 14.6 Å². The average Bonchev–Trinajstić information content (AvgIpc) is 2.54. The van der Waals surface area contributed by atoms with Gasteiger partial charge in [0.1, 0.15) is 13.2 Å². The molecule has 22 heavy (non-hydrogen) atoms. The summed E-state index contributed by atoms with van der Waals surface area (Å²) in [4.78, 5) is 12.1. The Kier molecular flexibility index (Phi) is 4.02. The molecule has 0 aromatic heterocycles. The van der Waals surface area contributed by atoms with Crippen LogP contribution < -0.4 is 9.47 Å². The summed E-state index contributed by atoms with van der Waals surface area (Å²) < 4.78 is 11.4. The number of fused-ring (bicyclic) bond motifs is 1. The molecule has 1 saturated carbocycles. The minimum atomic E-state index is -0.770. The van der Waals surface area contributed by atoms with Crippen LogP contribution in [0.5, 0.6) is 11.5 Å². The number of hydrogen-bond donors (Lipinski definition) is 1. The highest BCUT2D eigenvalue weighted by atomic mass is 16.6. The molecule has 0 unspecified atom stereocenters. The first-order chi connectivity index (χ1) is 10.5. The van der Waals surface area contributed by atoms with Gasteiger partial charge in [-0.05, 0) is 42.0 Å². The van der Waals surface area contributed by atoms with Crippen LogP contribution in [-0.4, -0.2) is 24.3 Å². The maximum atomic E-state index is 12.1. The highest BCUT2D eigenvalue weighted by molar-refractivity contribution is 5.82. The molecule has 1 aliphatic carbocycles. The zero-order chi connectivity index (χ0) is 15.7. The second-order valence-electron chi connectivity index (χ2n) is 6.69. The van der Waals surface area contributed by atoms with E-state index in [2.05, 4.69) is 13.8 Å². The van der Waals surface area contributed by atoms with Crippen molar-refractivity contribution in [2.24, 2.45) is 0 Å². The van der Waals surface area contributed by atoms with Crippen molar-refractivity contribution in [2.45, 2.75) is 57.3 Å². The van der Waals surface area contributed by atoms with Gasteiger partial charge in [0.15, 0.2) is 11.5 Å². The molecule has 1 fully saturated rings. The molecule has 1 aromatic carbocycles. The molecule has 4 nitrogen and oxygen atoms in total. The fourth-order valence-electron chi connectivity index (χ4n) is 3.75. The van der Waals surface area contributed by atoms with E-state index in [0.717, 1.165) is 36.1 Å². The maximum Gasteiger partial charge on any atom is 0.314 e. The smallest absolute Gasteiger partial charge is 0.314 e. The van der Waals surface area contributed by atoms with E-state index in [-0.39, 0.29) is 5.92 Å². The van der Waals surface area contributed by atoms with Crippen LogP contribution in [0.3, 0.4) is 0 Å². The predicted octanol–water partition coefficient (Wildman–Crippen LogP) is 3.87. The van der Waals surface area contributed by atoms with Crippen LogP contribution in [-0.2, 0) is 10.2 Å².